The van der Waals surface area contributed by atoms with Crippen molar-refractivity contribution in [2.24, 2.45) is 11.1 Å². The molecule has 0 spiro atoms. The van der Waals surface area contributed by atoms with Crippen LogP contribution in [0.4, 0.5) is 0 Å². The Kier molecular flexibility index (Phi) is 2.55. The molecule has 20 heavy (non-hydrogen) atoms. The van der Waals surface area contributed by atoms with Crippen LogP contribution < -0.4 is 4.74 Å². The van der Waals surface area contributed by atoms with Gasteiger partial charge >= 0.3 is 0 Å². The largest absolute Gasteiger partial charge is 0.497 e. The van der Waals surface area contributed by atoms with E-state index in [1.54, 1.807) is 7.11 Å². The minimum absolute atomic E-state index is 0.115. The van der Waals surface area contributed by atoms with Crippen molar-refractivity contribution in [2.75, 3.05) is 13.7 Å². The standard InChI is InChI=1S/C14H13NO5/c1-17-8-4-2-7(3-5-8)11-10-12(16)14-18-6-9(19-14)13(10)20-15-11/h2-5,9-10,13-14H,6H2,1H3/t9-,10-,13+,14+/m1/s1. The van der Waals surface area contributed by atoms with Crippen LogP contribution in [0.15, 0.2) is 29.4 Å². The van der Waals surface area contributed by atoms with E-state index in [1.165, 1.54) is 0 Å². The third kappa shape index (κ3) is 1.58. The third-order valence-electron chi connectivity index (χ3n) is 3.90. The number of methoxy groups -OCH3 is 1. The summed E-state index contributed by atoms with van der Waals surface area (Å²) in [4.78, 5) is 17.7. The molecule has 0 unspecified atom stereocenters. The maximum atomic E-state index is 12.3. The summed E-state index contributed by atoms with van der Waals surface area (Å²) in [5, 5.41) is 4.09. The SMILES string of the molecule is COc1ccc(C2=NO[C@@H]3[C@H]2C(=O)[C@H]2OC[C@H]3O2)cc1. The molecule has 0 saturated carbocycles. The molecule has 6 nitrogen and oxygen atoms in total. The molecule has 4 atom stereocenters. The van der Waals surface area contributed by atoms with Crippen LogP contribution in [0.2, 0.25) is 0 Å². The van der Waals surface area contributed by atoms with Gasteiger partial charge < -0.3 is 19.0 Å². The molecule has 3 heterocycles. The van der Waals surface area contributed by atoms with Gasteiger partial charge in [-0.05, 0) is 24.3 Å². The van der Waals surface area contributed by atoms with E-state index in [2.05, 4.69) is 5.16 Å². The highest BCUT2D eigenvalue weighted by atomic mass is 16.7. The smallest absolute Gasteiger partial charge is 0.219 e. The second-order valence-corrected chi connectivity index (χ2v) is 4.99. The first-order valence-corrected chi connectivity index (χ1v) is 6.47. The van der Waals surface area contributed by atoms with Crippen LogP contribution in [0.1, 0.15) is 5.56 Å². The number of hydrogen-bond acceptors (Lipinski definition) is 6. The van der Waals surface area contributed by atoms with Crippen LogP contribution in [0.25, 0.3) is 0 Å². The molecule has 0 aliphatic carbocycles. The number of rotatable bonds is 2. The van der Waals surface area contributed by atoms with Crippen molar-refractivity contribution >= 4 is 11.5 Å². The molecule has 104 valence electrons. The molecule has 2 fully saturated rings. The first-order chi connectivity index (χ1) is 9.78. The Morgan fingerprint density at radius 2 is 2.10 bits per heavy atom. The lowest BCUT2D eigenvalue weighted by Gasteiger charge is -2.27. The van der Waals surface area contributed by atoms with Gasteiger partial charge in [-0.25, -0.2) is 0 Å². The number of Topliss-reactive ketones (excluding diaryl/α,β-unsaturated/α-hetero) is 1. The number of ketones is 1. The van der Waals surface area contributed by atoms with Gasteiger partial charge in [0.1, 0.15) is 23.5 Å². The van der Waals surface area contributed by atoms with Gasteiger partial charge in [-0.2, -0.15) is 0 Å². The van der Waals surface area contributed by atoms with Gasteiger partial charge in [-0.15, -0.1) is 0 Å². The molecule has 1 aromatic carbocycles. The summed E-state index contributed by atoms with van der Waals surface area (Å²) in [7, 11) is 1.61. The molecule has 2 bridgehead atoms. The Morgan fingerprint density at radius 3 is 2.85 bits per heavy atom. The van der Waals surface area contributed by atoms with Gasteiger partial charge in [0.25, 0.3) is 0 Å². The second kappa shape index (κ2) is 4.29. The minimum Gasteiger partial charge on any atom is -0.497 e. The van der Waals surface area contributed by atoms with Crippen molar-refractivity contribution in [3.05, 3.63) is 29.8 Å². The number of oxime groups is 1. The van der Waals surface area contributed by atoms with E-state index >= 15 is 0 Å². The monoisotopic (exact) mass is 275 g/mol. The maximum Gasteiger partial charge on any atom is 0.219 e. The highest BCUT2D eigenvalue weighted by molar-refractivity contribution is 6.15. The van der Waals surface area contributed by atoms with Gasteiger partial charge in [0.05, 0.1) is 13.7 Å². The summed E-state index contributed by atoms with van der Waals surface area (Å²) >= 11 is 0. The highest BCUT2D eigenvalue weighted by Gasteiger charge is 2.56. The fraction of sp³-hybridized carbons (Fsp3) is 0.429. The number of benzene rings is 1. The lowest BCUT2D eigenvalue weighted by Crippen LogP contribution is -2.48. The van der Waals surface area contributed by atoms with Crippen molar-refractivity contribution in [3.8, 4) is 5.75 Å². The lowest BCUT2D eigenvalue weighted by molar-refractivity contribution is -0.169. The van der Waals surface area contributed by atoms with E-state index in [4.69, 9.17) is 19.0 Å². The predicted octanol–water partition coefficient (Wildman–Crippen LogP) is 0.738. The van der Waals surface area contributed by atoms with Crippen LogP contribution in [0, 0.1) is 5.92 Å². The van der Waals surface area contributed by atoms with Gasteiger partial charge in [0.2, 0.25) is 12.1 Å². The quantitative estimate of drug-likeness (QED) is 0.796. The van der Waals surface area contributed by atoms with Crippen LogP contribution >= 0.6 is 0 Å². The molecule has 3 aliphatic rings. The molecule has 1 aromatic rings. The topological polar surface area (TPSA) is 66.4 Å². The van der Waals surface area contributed by atoms with E-state index in [0.717, 1.165) is 11.3 Å². The molecular formula is C14H13NO5. The molecule has 4 rings (SSSR count). The van der Waals surface area contributed by atoms with Gasteiger partial charge in [0, 0.05) is 5.56 Å². The summed E-state index contributed by atoms with van der Waals surface area (Å²) < 4.78 is 15.9. The lowest BCUT2D eigenvalue weighted by atomic mass is 9.85. The van der Waals surface area contributed by atoms with Crippen molar-refractivity contribution in [1.82, 2.24) is 0 Å². The fourth-order valence-electron chi connectivity index (χ4n) is 2.85. The Balaban J connectivity index is 1.67. The van der Waals surface area contributed by atoms with Crippen molar-refractivity contribution in [3.63, 3.8) is 0 Å². The van der Waals surface area contributed by atoms with Crippen LogP contribution in [0.3, 0.4) is 0 Å². The minimum atomic E-state index is -0.772. The first kappa shape index (κ1) is 11.9. The van der Waals surface area contributed by atoms with E-state index in [9.17, 15) is 4.79 Å². The van der Waals surface area contributed by atoms with Crippen molar-refractivity contribution in [1.29, 1.82) is 0 Å². The average Bonchev–Trinajstić information content (AvgIpc) is 3.11. The molecular weight excluding hydrogens is 262 g/mol. The second-order valence-electron chi connectivity index (χ2n) is 4.99. The van der Waals surface area contributed by atoms with E-state index in [1.807, 2.05) is 24.3 Å². The Labute approximate surface area is 115 Å². The summed E-state index contributed by atoms with van der Waals surface area (Å²) in [5.41, 5.74) is 1.50. The normalized spacial score (nSPS) is 34.5. The zero-order valence-electron chi connectivity index (χ0n) is 10.8. The Morgan fingerprint density at radius 1 is 1.30 bits per heavy atom. The number of nitrogens with zero attached hydrogens (tertiary/aromatic N) is 1. The molecule has 0 aromatic heterocycles. The summed E-state index contributed by atoms with van der Waals surface area (Å²) in [5.74, 6) is 0.233. The number of carbonyl (C=O) groups is 1. The van der Waals surface area contributed by atoms with E-state index < -0.39 is 12.2 Å². The van der Waals surface area contributed by atoms with E-state index in [-0.39, 0.29) is 18.0 Å². The molecule has 0 amide bonds. The highest BCUT2D eigenvalue weighted by Crippen LogP contribution is 2.37. The number of ether oxygens (including phenoxy) is 3. The first-order valence-electron chi connectivity index (χ1n) is 6.47. The average molecular weight is 275 g/mol. The maximum absolute atomic E-state index is 12.3. The molecule has 6 heteroatoms. The molecule has 2 saturated heterocycles. The van der Waals surface area contributed by atoms with Gasteiger partial charge in [-0.1, -0.05) is 5.16 Å². The number of carbonyl (C=O) groups excluding carboxylic acids is 1. The zero-order chi connectivity index (χ0) is 13.7. The van der Waals surface area contributed by atoms with Crippen LogP contribution in [0.5, 0.6) is 5.75 Å². The number of fused-ring (bicyclic) bond motifs is 4. The number of hydrogen-bond donors (Lipinski definition) is 0. The summed E-state index contributed by atoms with van der Waals surface area (Å²) in [6.45, 7) is 0.378. The van der Waals surface area contributed by atoms with Crippen LogP contribution in [-0.2, 0) is 19.1 Å². The molecule has 0 N–H and O–H groups in total. The van der Waals surface area contributed by atoms with E-state index in [0.29, 0.717) is 12.3 Å². The van der Waals surface area contributed by atoms with Gasteiger partial charge in [0.15, 0.2) is 6.10 Å². The fourth-order valence-corrected chi connectivity index (χ4v) is 2.85. The zero-order valence-corrected chi connectivity index (χ0v) is 10.8. The van der Waals surface area contributed by atoms with Gasteiger partial charge in [-0.3, -0.25) is 4.79 Å². The molecule has 0 radical (unpaired) electrons. The van der Waals surface area contributed by atoms with Crippen molar-refractivity contribution < 1.29 is 23.8 Å². The predicted molar refractivity (Wildman–Crippen MR) is 67.5 cm³/mol. The summed E-state index contributed by atoms with van der Waals surface area (Å²) in [6.07, 6.45) is -1.37. The van der Waals surface area contributed by atoms with Crippen LogP contribution in [-0.4, -0.2) is 43.7 Å². The summed E-state index contributed by atoms with van der Waals surface area (Å²) in [6, 6.07) is 7.41. The Bertz CT molecular complexity index is 582. The Hall–Kier alpha value is -1.92. The van der Waals surface area contributed by atoms with Crippen molar-refractivity contribution in [2.45, 2.75) is 18.5 Å². The molecule has 3 aliphatic heterocycles. The third-order valence-corrected chi connectivity index (χ3v) is 3.90.